The number of thiocarbonyl (C=S) groups is 1. The largest absolute Gasteiger partial charge is 0.361 e. The Labute approximate surface area is 153 Å². The van der Waals surface area contributed by atoms with Crippen LogP contribution in [0.15, 0.2) is 29.2 Å². The summed E-state index contributed by atoms with van der Waals surface area (Å²) in [7, 11) is -1.20. The molecule has 0 aromatic heterocycles. The van der Waals surface area contributed by atoms with Crippen molar-refractivity contribution in [3.05, 3.63) is 29.8 Å². The second-order valence-corrected chi connectivity index (χ2v) is 7.51. The first-order chi connectivity index (χ1) is 11.8. The number of hydrogen-bond donors (Lipinski definition) is 3. The van der Waals surface area contributed by atoms with Crippen LogP contribution in [0.4, 0.5) is 0 Å². The van der Waals surface area contributed by atoms with Crippen LogP contribution in [0.2, 0.25) is 0 Å². The minimum Gasteiger partial charge on any atom is -0.361 e. The monoisotopic (exact) mass is 388 g/mol. The van der Waals surface area contributed by atoms with Crippen molar-refractivity contribution in [2.45, 2.75) is 31.1 Å². The number of carbonyl (C=O) groups is 1. The molecule has 8 nitrogen and oxygen atoms in total. The molecule has 0 radical (unpaired) electrons. The number of sulfonamides is 1. The van der Waals surface area contributed by atoms with Crippen molar-refractivity contribution in [2.24, 2.45) is 0 Å². The van der Waals surface area contributed by atoms with Crippen molar-refractivity contribution < 1.29 is 18.0 Å². The lowest BCUT2D eigenvalue weighted by atomic mass is 10.2. The van der Waals surface area contributed by atoms with Gasteiger partial charge in [0.25, 0.3) is 15.9 Å². The normalized spacial score (nSPS) is 11.2. The summed E-state index contributed by atoms with van der Waals surface area (Å²) in [6, 6.07) is 5.48. The molecule has 0 heterocycles. The third-order valence-corrected chi connectivity index (χ3v) is 5.31. The molecule has 1 aromatic rings. The first-order valence-corrected chi connectivity index (χ1v) is 9.65. The number of hydrazine groups is 1. The number of benzene rings is 1. The molecule has 1 rings (SSSR count). The van der Waals surface area contributed by atoms with Gasteiger partial charge >= 0.3 is 0 Å². The molecule has 0 spiro atoms. The Bertz CT molecular complexity index is 677. The van der Waals surface area contributed by atoms with E-state index in [1.807, 2.05) is 0 Å². The zero-order chi connectivity index (χ0) is 18.9. The molecule has 0 aliphatic rings. The fraction of sp³-hybridized carbons (Fsp3) is 0.467. The van der Waals surface area contributed by atoms with E-state index in [1.54, 1.807) is 0 Å². The summed E-state index contributed by atoms with van der Waals surface area (Å²) in [6.45, 7) is 2.84. The Morgan fingerprint density at radius 2 is 1.84 bits per heavy atom. The number of hydroxylamine groups is 1. The highest BCUT2D eigenvalue weighted by atomic mass is 32.2. The minimum atomic E-state index is -3.74. The van der Waals surface area contributed by atoms with E-state index in [9.17, 15) is 13.2 Å². The van der Waals surface area contributed by atoms with Crippen LogP contribution in [0.1, 0.15) is 36.5 Å². The van der Waals surface area contributed by atoms with E-state index < -0.39 is 15.9 Å². The number of rotatable bonds is 8. The molecular weight excluding hydrogens is 364 g/mol. The summed E-state index contributed by atoms with van der Waals surface area (Å²) in [5.41, 5.74) is 5.35. The third-order valence-electron chi connectivity index (χ3n) is 3.37. The number of unbranched alkanes of at least 4 members (excludes halogenated alkanes) is 2. The Morgan fingerprint density at radius 3 is 2.40 bits per heavy atom. The second kappa shape index (κ2) is 10.3. The summed E-state index contributed by atoms with van der Waals surface area (Å²) >= 11 is 5.05. The van der Waals surface area contributed by atoms with Gasteiger partial charge in [-0.05, 0) is 42.9 Å². The predicted octanol–water partition coefficient (Wildman–Crippen LogP) is 1.17. The molecule has 3 N–H and O–H groups in total. The Morgan fingerprint density at radius 1 is 1.20 bits per heavy atom. The van der Waals surface area contributed by atoms with Crippen LogP contribution in [-0.4, -0.2) is 44.6 Å². The van der Waals surface area contributed by atoms with E-state index in [2.05, 4.69) is 23.1 Å². The molecule has 0 aliphatic carbocycles. The lowest BCUT2D eigenvalue weighted by molar-refractivity contribution is -0.0258. The lowest BCUT2D eigenvalue weighted by Gasteiger charge is -2.14. The molecule has 0 saturated carbocycles. The van der Waals surface area contributed by atoms with Crippen LogP contribution < -0.4 is 16.2 Å². The molecule has 1 amide bonds. The van der Waals surface area contributed by atoms with Gasteiger partial charge in [-0.25, -0.2) is 8.42 Å². The molecule has 0 fully saturated rings. The first-order valence-electron chi connectivity index (χ1n) is 7.80. The number of nitrogens with one attached hydrogen (secondary N) is 3. The molecule has 25 heavy (non-hydrogen) atoms. The van der Waals surface area contributed by atoms with Gasteiger partial charge in [0.1, 0.15) is 0 Å². The Balaban J connectivity index is 2.56. The van der Waals surface area contributed by atoms with Crippen molar-refractivity contribution in [1.82, 2.24) is 20.6 Å². The SMILES string of the molecule is CCCCCNC(=S)NNC(=O)c1ccc(S(=O)(=O)N(C)OC)cc1. The lowest BCUT2D eigenvalue weighted by Crippen LogP contribution is -2.46. The van der Waals surface area contributed by atoms with E-state index in [1.165, 1.54) is 38.4 Å². The molecule has 0 atom stereocenters. The number of carbonyl (C=O) groups excluding carboxylic acids is 1. The summed E-state index contributed by atoms with van der Waals surface area (Å²) in [6.07, 6.45) is 3.22. The average Bonchev–Trinajstić information content (AvgIpc) is 2.62. The van der Waals surface area contributed by atoms with Crippen LogP contribution in [-0.2, 0) is 14.9 Å². The zero-order valence-corrected chi connectivity index (χ0v) is 16.2. The predicted molar refractivity (Wildman–Crippen MR) is 99.1 cm³/mol. The molecule has 10 heteroatoms. The topological polar surface area (TPSA) is 99.8 Å². The van der Waals surface area contributed by atoms with Gasteiger partial charge in [-0.1, -0.05) is 24.2 Å². The van der Waals surface area contributed by atoms with Gasteiger partial charge < -0.3 is 5.32 Å². The van der Waals surface area contributed by atoms with Gasteiger partial charge in [0.15, 0.2) is 5.11 Å². The van der Waals surface area contributed by atoms with Crippen molar-refractivity contribution in [1.29, 1.82) is 0 Å². The fourth-order valence-electron chi connectivity index (χ4n) is 1.83. The van der Waals surface area contributed by atoms with E-state index in [4.69, 9.17) is 17.1 Å². The Kier molecular flexibility index (Phi) is 8.76. The van der Waals surface area contributed by atoms with Crippen LogP contribution in [0.25, 0.3) is 0 Å². The minimum absolute atomic E-state index is 0.0227. The maximum atomic E-state index is 12.1. The average molecular weight is 389 g/mol. The van der Waals surface area contributed by atoms with Crippen molar-refractivity contribution in [3.8, 4) is 0 Å². The molecule has 0 unspecified atom stereocenters. The van der Waals surface area contributed by atoms with Crippen LogP contribution in [0, 0.1) is 0 Å². The van der Waals surface area contributed by atoms with Gasteiger partial charge in [-0.3, -0.25) is 20.5 Å². The molecule has 0 bridgehead atoms. The molecular formula is C15H24N4O4S2. The first kappa shape index (κ1) is 21.3. The smallest absolute Gasteiger partial charge is 0.269 e. The van der Waals surface area contributed by atoms with Crippen LogP contribution in [0.3, 0.4) is 0 Å². The van der Waals surface area contributed by atoms with Crippen LogP contribution >= 0.6 is 12.2 Å². The maximum Gasteiger partial charge on any atom is 0.269 e. The summed E-state index contributed by atoms with van der Waals surface area (Å²) in [4.78, 5) is 16.7. The molecule has 0 aliphatic heterocycles. The summed E-state index contributed by atoms with van der Waals surface area (Å²) in [5, 5.41) is 3.30. The van der Waals surface area contributed by atoms with E-state index in [0.717, 1.165) is 30.3 Å². The highest BCUT2D eigenvalue weighted by molar-refractivity contribution is 7.89. The maximum absolute atomic E-state index is 12.1. The number of amides is 1. The number of nitrogens with zero attached hydrogens (tertiary/aromatic N) is 1. The van der Waals surface area contributed by atoms with Crippen molar-refractivity contribution in [2.75, 3.05) is 20.7 Å². The van der Waals surface area contributed by atoms with Gasteiger partial charge in [0.05, 0.1) is 12.0 Å². The quantitative estimate of drug-likeness (QED) is 0.349. The van der Waals surface area contributed by atoms with Gasteiger partial charge in [0, 0.05) is 19.2 Å². The summed E-state index contributed by atoms with van der Waals surface area (Å²) < 4.78 is 24.9. The highest BCUT2D eigenvalue weighted by Crippen LogP contribution is 2.15. The van der Waals surface area contributed by atoms with E-state index >= 15 is 0 Å². The number of hydrogen-bond acceptors (Lipinski definition) is 5. The molecule has 140 valence electrons. The van der Waals surface area contributed by atoms with Gasteiger partial charge in [0.2, 0.25) is 0 Å². The third kappa shape index (κ3) is 6.58. The Hall–Kier alpha value is -1.75. The van der Waals surface area contributed by atoms with Gasteiger partial charge in [-0.2, -0.15) is 0 Å². The van der Waals surface area contributed by atoms with Crippen molar-refractivity contribution in [3.63, 3.8) is 0 Å². The van der Waals surface area contributed by atoms with Gasteiger partial charge in [-0.15, -0.1) is 0 Å². The fourth-order valence-corrected chi connectivity index (χ4v) is 2.96. The highest BCUT2D eigenvalue weighted by Gasteiger charge is 2.20. The molecule has 0 saturated heterocycles. The molecule has 1 aromatic carbocycles. The summed E-state index contributed by atoms with van der Waals surface area (Å²) in [5.74, 6) is -0.429. The standard InChI is InChI=1S/C15H24N4O4S2/c1-4-5-6-11-16-15(24)18-17-14(20)12-7-9-13(10-8-12)25(21,22)19(2)23-3/h7-10H,4-6,11H2,1-3H3,(H,17,20)(H2,16,18,24). The van der Waals surface area contributed by atoms with Crippen LogP contribution in [0.5, 0.6) is 0 Å². The van der Waals surface area contributed by atoms with E-state index in [0.29, 0.717) is 10.7 Å². The zero-order valence-electron chi connectivity index (χ0n) is 14.5. The second-order valence-electron chi connectivity index (χ2n) is 5.16. The van der Waals surface area contributed by atoms with E-state index in [-0.39, 0.29) is 4.90 Å². The van der Waals surface area contributed by atoms with Crippen molar-refractivity contribution >= 4 is 33.3 Å².